The molecule has 1 aliphatic heterocycles. The maximum Gasteiger partial charge on any atom is 0.224 e. The maximum absolute atomic E-state index is 12.9. The summed E-state index contributed by atoms with van der Waals surface area (Å²) in [5.74, 6) is 7.19. The first-order valence-corrected chi connectivity index (χ1v) is 27.4. The Kier molecular flexibility index (Phi) is 28.6. The highest BCUT2D eigenvalue weighted by Gasteiger charge is 2.36. The van der Waals surface area contributed by atoms with Gasteiger partial charge in [0.1, 0.15) is 5.57 Å². The Hall–Kier alpha value is -3.18. The molecule has 1 heterocycles. The van der Waals surface area contributed by atoms with Crippen molar-refractivity contribution in [2.75, 3.05) is 0 Å². The molecule has 0 saturated heterocycles. The number of unbranched alkanes of at least 4 members (excludes halogenated alkanes) is 19. The van der Waals surface area contributed by atoms with Crippen LogP contribution in [0.25, 0.3) is 16.9 Å². The van der Waals surface area contributed by atoms with E-state index >= 15 is 0 Å². The molecule has 350 valence electrons. The molecule has 1 aliphatic rings. The summed E-state index contributed by atoms with van der Waals surface area (Å²) in [5.41, 5.74) is 28.2. The van der Waals surface area contributed by atoms with E-state index in [1.54, 1.807) is 15.8 Å². The fraction of sp³-hybridized carbons (Fsp3) is 0.672. The molecule has 2 aromatic carbocycles. The molecule has 3 rings (SSSR count). The SMILES string of the molecule is CCC#CC1=C(c2cc(CCCC)c(CCCC)c(CCCC)c2)[N+](=[N-])C(c2cc(CCCC)c(CCCC)c(CCCC)c2)=C1C=CCCCCCCCCCCCCCCC. The van der Waals surface area contributed by atoms with Crippen LogP contribution in [0, 0.1) is 11.8 Å². The zero-order chi connectivity index (χ0) is 45.5. The molecule has 0 bridgehead atoms. The minimum absolute atomic E-state index is 0.779. The number of benzene rings is 2. The lowest BCUT2D eigenvalue weighted by molar-refractivity contribution is -0.344. The molecule has 0 atom stereocenters. The average molecular weight is 857 g/mol. The zero-order valence-corrected chi connectivity index (χ0v) is 42.7. The molecule has 2 heteroatoms. The minimum Gasteiger partial charge on any atom is -0.493 e. The average Bonchev–Trinajstić information content (AvgIpc) is 3.57. The summed E-state index contributed by atoms with van der Waals surface area (Å²) < 4.78 is 1.59. The minimum atomic E-state index is 0.779. The van der Waals surface area contributed by atoms with Crippen LogP contribution in [0.2, 0.25) is 0 Å². The molecular weight excluding hydrogens is 761 g/mol. The summed E-state index contributed by atoms with van der Waals surface area (Å²) in [4.78, 5) is 0. The van der Waals surface area contributed by atoms with E-state index in [4.69, 9.17) is 0 Å². The van der Waals surface area contributed by atoms with Gasteiger partial charge in [-0.15, -0.1) is 0 Å². The van der Waals surface area contributed by atoms with E-state index in [2.05, 4.69) is 104 Å². The van der Waals surface area contributed by atoms with Crippen molar-refractivity contribution in [1.29, 1.82) is 0 Å². The second-order valence-corrected chi connectivity index (χ2v) is 19.1. The Morgan fingerprint density at radius 1 is 0.429 bits per heavy atom. The van der Waals surface area contributed by atoms with Crippen molar-refractivity contribution in [1.82, 2.24) is 0 Å². The molecule has 0 fully saturated rings. The van der Waals surface area contributed by atoms with E-state index in [-0.39, 0.29) is 0 Å². The summed E-state index contributed by atoms with van der Waals surface area (Å²) in [6.07, 6.45) is 45.4. The van der Waals surface area contributed by atoms with Crippen LogP contribution >= 0.6 is 0 Å². The molecule has 2 nitrogen and oxygen atoms in total. The van der Waals surface area contributed by atoms with Crippen LogP contribution in [0.1, 0.15) is 273 Å². The van der Waals surface area contributed by atoms with Gasteiger partial charge in [-0.3, -0.25) is 0 Å². The maximum atomic E-state index is 12.9. The third-order valence-electron chi connectivity index (χ3n) is 13.5. The summed E-state index contributed by atoms with van der Waals surface area (Å²) in [6.45, 7) is 18.3. The summed E-state index contributed by atoms with van der Waals surface area (Å²) in [6, 6.07) is 9.84. The van der Waals surface area contributed by atoms with E-state index < -0.39 is 0 Å². The molecular formula is C61H96N2. The largest absolute Gasteiger partial charge is 0.493 e. The Bertz CT molecular complexity index is 1710. The first-order valence-electron chi connectivity index (χ1n) is 27.4. The molecule has 0 unspecified atom stereocenters. The normalized spacial score (nSPS) is 13.0. The van der Waals surface area contributed by atoms with E-state index in [0.29, 0.717) is 0 Å². The van der Waals surface area contributed by atoms with Crippen molar-refractivity contribution in [2.45, 2.75) is 267 Å². The summed E-state index contributed by atoms with van der Waals surface area (Å²) in [7, 11) is 0. The van der Waals surface area contributed by atoms with Gasteiger partial charge in [0.2, 0.25) is 11.4 Å². The Balaban J connectivity index is 2.13. The van der Waals surface area contributed by atoms with Gasteiger partial charge in [0.25, 0.3) is 0 Å². The molecule has 0 aromatic heterocycles. The number of allylic oxidation sites excluding steroid dienone is 4. The van der Waals surface area contributed by atoms with Gasteiger partial charge < -0.3 is 5.53 Å². The van der Waals surface area contributed by atoms with Gasteiger partial charge in [0, 0.05) is 17.5 Å². The molecule has 0 amide bonds. The van der Waals surface area contributed by atoms with Gasteiger partial charge in [0.05, 0.1) is 5.57 Å². The first kappa shape index (κ1) is 54.2. The second-order valence-electron chi connectivity index (χ2n) is 19.1. The highest BCUT2D eigenvalue weighted by atomic mass is 15.2. The topological polar surface area (TPSA) is 25.3 Å². The van der Waals surface area contributed by atoms with Crippen LogP contribution in [0.4, 0.5) is 0 Å². The number of nitrogens with zero attached hydrogens (tertiary/aromatic N) is 2. The summed E-state index contributed by atoms with van der Waals surface area (Å²) >= 11 is 0. The smallest absolute Gasteiger partial charge is 0.224 e. The fourth-order valence-corrected chi connectivity index (χ4v) is 9.65. The molecule has 2 aromatic rings. The van der Waals surface area contributed by atoms with E-state index in [1.165, 1.54) is 183 Å². The highest BCUT2D eigenvalue weighted by Crippen LogP contribution is 2.43. The van der Waals surface area contributed by atoms with Crippen molar-refractivity contribution in [3.05, 3.63) is 97.6 Å². The van der Waals surface area contributed by atoms with E-state index in [0.717, 1.165) is 85.0 Å². The van der Waals surface area contributed by atoms with Crippen LogP contribution in [-0.2, 0) is 38.5 Å². The molecule has 0 radical (unpaired) electrons. The van der Waals surface area contributed by atoms with E-state index in [1.807, 2.05) is 0 Å². The highest BCUT2D eigenvalue weighted by molar-refractivity contribution is 5.88. The zero-order valence-electron chi connectivity index (χ0n) is 42.7. The van der Waals surface area contributed by atoms with Crippen molar-refractivity contribution < 1.29 is 4.70 Å². The van der Waals surface area contributed by atoms with Gasteiger partial charge in [-0.05, 0) is 148 Å². The molecule has 0 spiro atoms. The van der Waals surface area contributed by atoms with Crippen LogP contribution < -0.4 is 0 Å². The van der Waals surface area contributed by atoms with Gasteiger partial charge in [-0.25, -0.2) is 4.70 Å². The van der Waals surface area contributed by atoms with Crippen molar-refractivity contribution in [2.24, 2.45) is 0 Å². The predicted molar refractivity (Wildman–Crippen MR) is 280 cm³/mol. The van der Waals surface area contributed by atoms with Gasteiger partial charge in [-0.2, -0.15) is 0 Å². The number of hydrogen-bond donors (Lipinski definition) is 0. The number of hydrogen-bond acceptors (Lipinski definition) is 0. The molecule has 0 N–H and O–H groups in total. The van der Waals surface area contributed by atoms with Gasteiger partial charge in [0.15, 0.2) is 0 Å². The van der Waals surface area contributed by atoms with E-state index in [9.17, 15) is 5.53 Å². The fourth-order valence-electron chi connectivity index (χ4n) is 9.65. The predicted octanol–water partition coefficient (Wildman–Crippen LogP) is 19.4. The van der Waals surface area contributed by atoms with Crippen molar-refractivity contribution in [3.63, 3.8) is 0 Å². The van der Waals surface area contributed by atoms with Gasteiger partial charge >= 0.3 is 0 Å². The first-order chi connectivity index (χ1) is 30.9. The molecule has 0 saturated carbocycles. The lowest BCUT2D eigenvalue weighted by Crippen LogP contribution is -2.09. The summed E-state index contributed by atoms with van der Waals surface area (Å²) in [5, 5.41) is 0. The third-order valence-corrected chi connectivity index (χ3v) is 13.5. The quantitative estimate of drug-likeness (QED) is 0.0375. The number of aryl methyl sites for hydroxylation is 4. The monoisotopic (exact) mass is 857 g/mol. The third kappa shape index (κ3) is 18.3. The van der Waals surface area contributed by atoms with Crippen LogP contribution in [-0.4, -0.2) is 4.70 Å². The number of rotatable bonds is 35. The Morgan fingerprint density at radius 2 is 0.778 bits per heavy atom. The second kappa shape index (κ2) is 33.3. The van der Waals surface area contributed by atoms with Crippen molar-refractivity contribution in [3.8, 4) is 11.8 Å². The molecule has 63 heavy (non-hydrogen) atoms. The Labute approximate surface area is 391 Å². The van der Waals surface area contributed by atoms with Crippen LogP contribution in [0.5, 0.6) is 0 Å². The van der Waals surface area contributed by atoms with Crippen LogP contribution in [0.15, 0.2) is 47.6 Å². The van der Waals surface area contributed by atoms with Crippen LogP contribution in [0.3, 0.4) is 0 Å². The molecule has 0 aliphatic carbocycles. The van der Waals surface area contributed by atoms with Crippen molar-refractivity contribution >= 4 is 11.4 Å². The van der Waals surface area contributed by atoms with Gasteiger partial charge in [-0.1, -0.05) is 195 Å². The lowest BCUT2D eigenvalue weighted by atomic mass is 9.87. The standard InChI is InChI=1S/C61H96N2/c1-9-17-25-26-27-28-29-30-31-32-33-34-35-36-37-45-59-58(44-24-16-8)60(54-46-50(38-18-10-2)56(42-22-14-6)51(47-54)39-19-11-3)63(62)61(59)55-48-52(40-20-12-4)57(43-23-15-7)53(49-55)41-21-13-5/h37,45-49H,9-23,25-36,38-43H2,1-8H3. The Morgan fingerprint density at radius 3 is 1.16 bits per heavy atom. The lowest BCUT2D eigenvalue weighted by Gasteiger charge is -2.19.